The van der Waals surface area contributed by atoms with E-state index in [-0.39, 0.29) is 11.5 Å². The second-order valence-corrected chi connectivity index (χ2v) is 6.51. The summed E-state index contributed by atoms with van der Waals surface area (Å²) in [5.74, 6) is 0.0612. The van der Waals surface area contributed by atoms with Gasteiger partial charge in [0.25, 0.3) is 5.91 Å². The third-order valence-corrected chi connectivity index (χ3v) is 5.10. The van der Waals surface area contributed by atoms with Gasteiger partial charge in [0.2, 0.25) is 0 Å². The van der Waals surface area contributed by atoms with Crippen molar-refractivity contribution in [2.45, 2.75) is 37.7 Å². The summed E-state index contributed by atoms with van der Waals surface area (Å²) in [7, 11) is 0. The third-order valence-electron chi connectivity index (χ3n) is 5.10. The standard InChI is InChI=1S/C18H21N3O2/c22-17(14-4-1-5-15-16(14)20-10-9-19-15)21-11-2-6-18(8-12-21)7-3-13-23-18/h1,4-5,9-10H,2-3,6-8,11-13H2. The molecule has 0 radical (unpaired) electrons. The number of carbonyl (C=O) groups is 1. The lowest BCUT2D eigenvalue weighted by atomic mass is 9.92. The first-order valence-electron chi connectivity index (χ1n) is 8.40. The van der Waals surface area contributed by atoms with Crippen LogP contribution in [-0.2, 0) is 4.74 Å². The zero-order valence-electron chi connectivity index (χ0n) is 13.2. The first kappa shape index (κ1) is 14.6. The average Bonchev–Trinajstić information content (AvgIpc) is 2.95. The van der Waals surface area contributed by atoms with Crippen LogP contribution in [0.2, 0.25) is 0 Å². The van der Waals surface area contributed by atoms with Gasteiger partial charge in [-0.3, -0.25) is 14.8 Å². The van der Waals surface area contributed by atoms with Crippen LogP contribution >= 0.6 is 0 Å². The van der Waals surface area contributed by atoms with E-state index in [4.69, 9.17) is 4.74 Å². The summed E-state index contributed by atoms with van der Waals surface area (Å²) in [6.45, 7) is 2.42. The molecule has 1 unspecified atom stereocenters. The van der Waals surface area contributed by atoms with Gasteiger partial charge in [0, 0.05) is 32.1 Å². The maximum absolute atomic E-state index is 13.0. The Morgan fingerprint density at radius 1 is 1.09 bits per heavy atom. The molecule has 23 heavy (non-hydrogen) atoms. The molecule has 0 aliphatic carbocycles. The van der Waals surface area contributed by atoms with E-state index in [1.54, 1.807) is 12.4 Å². The number of hydrogen-bond acceptors (Lipinski definition) is 4. The molecule has 1 spiro atoms. The summed E-state index contributed by atoms with van der Waals surface area (Å²) < 4.78 is 6.01. The van der Waals surface area contributed by atoms with E-state index in [0.29, 0.717) is 11.1 Å². The van der Waals surface area contributed by atoms with Crippen LogP contribution in [-0.4, -0.2) is 46.1 Å². The number of likely N-dealkylation sites (tertiary alicyclic amines) is 1. The van der Waals surface area contributed by atoms with Crippen LogP contribution in [0.1, 0.15) is 42.5 Å². The molecule has 1 aromatic heterocycles. The van der Waals surface area contributed by atoms with Crippen molar-refractivity contribution in [2.24, 2.45) is 0 Å². The highest BCUT2D eigenvalue weighted by Gasteiger charge is 2.37. The Balaban J connectivity index is 1.58. The Morgan fingerprint density at radius 3 is 2.83 bits per heavy atom. The number of benzene rings is 1. The molecule has 0 saturated carbocycles. The van der Waals surface area contributed by atoms with Gasteiger partial charge in [-0.2, -0.15) is 0 Å². The van der Waals surface area contributed by atoms with Crippen molar-refractivity contribution < 1.29 is 9.53 Å². The average molecular weight is 311 g/mol. The Bertz CT molecular complexity index is 720. The van der Waals surface area contributed by atoms with Crippen LogP contribution in [0, 0.1) is 0 Å². The van der Waals surface area contributed by atoms with Crippen LogP contribution in [0.5, 0.6) is 0 Å². The van der Waals surface area contributed by atoms with Gasteiger partial charge in [0.15, 0.2) is 0 Å². The molecule has 2 aliphatic rings. The maximum Gasteiger partial charge on any atom is 0.256 e. The fraction of sp³-hybridized carbons (Fsp3) is 0.500. The Kier molecular flexibility index (Phi) is 3.73. The molecule has 2 aromatic rings. The predicted octanol–water partition coefficient (Wildman–Crippen LogP) is 2.81. The van der Waals surface area contributed by atoms with Crippen molar-refractivity contribution in [1.82, 2.24) is 14.9 Å². The summed E-state index contributed by atoms with van der Waals surface area (Å²) in [6, 6.07) is 5.62. The van der Waals surface area contributed by atoms with Crippen LogP contribution in [0.3, 0.4) is 0 Å². The molecule has 0 bridgehead atoms. The smallest absolute Gasteiger partial charge is 0.256 e. The number of amides is 1. The van der Waals surface area contributed by atoms with Crippen LogP contribution in [0.15, 0.2) is 30.6 Å². The number of para-hydroxylation sites is 1. The highest BCUT2D eigenvalue weighted by atomic mass is 16.5. The monoisotopic (exact) mass is 311 g/mol. The summed E-state index contributed by atoms with van der Waals surface area (Å²) in [5.41, 5.74) is 2.13. The molecule has 4 rings (SSSR count). The molecule has 1 aromatic carbocycles. The third kappa shape index (κ3) is 2.70. The number of fused-ring (bicyclic) bond motifs is 1. The number of hydrogen-bond donors (Lipinski definition) is 0. The lowest BCUT2D eigenvalue weighted by Crippen LogP contribution is -2.34. The zero-order chi connectivity index (χ0) is 15.7. The number of ether oxygens (including phenoxy) is 1. The highest BCUT2D eigenvalue weighted by Crippen LogP contribution is 2.36. The van der Waals surface area contributed by atoms with Gasteiger partial charge in [-0.15, -0.1) is 0 Å². The molecular weight excluding hydrogens is 290 g/mol. The maximum atomic E-state index is 13.0. The van der Waals surface area contributed by atoms with Crippen LogP contribution < -0.4 is 0 Å². The molecule has 2 fully saturated rings. The van der Waals surface area contributed by atoms with E-state index in [9.17, 15) is 4.79 Å². The van der Waals surface area contributed by atoms with Gasteiger partial charge in [-0.25, -0.2) is 0 Å². The quantitative estimate of drug-likeness (QED) is 0.812. The van der Waals surface area contributed by atoms with Crippen molar-refractivity contribution >= 4 is 16.9 Å². The Morgan fingerprint density at radius 2 is 1.96 bits per heavy atom. The lowest BCUT2D eigenvalue weighted by Gasteiger charge is -2.27. The van der Waals surface area contributed by atoms with E-state index < -0.39 is 0 Å². The molecular formula is C18H21N3O2. The van der Waals surface area contributed by atoms with Crippen molar-refractivity contribution in [3.63, 3.8) is 0 Å². The van der Waals surface area contributed by atoms with E-state index in [1.165, 1.54) is 0 Å². The van der Waals surface area contributed by atoms with E-state index in [1.807, 2.05) is 23.1 Å². The van der Waals surface area contributed by atoms with E-state index in [0.717, 1.165) is 57.3 Å². The van der Waals surface area contributed by atoms with Gasteiger partial charge in [0.1, 0.15) is 5.52 Å². The molecule has 1 amide bonds. The van der Waals surface area contributed by atoms with Gasteiger partial charge in [0.05, 0.1) is 16.7 Å². The minimum atomic E-state index is 0.0214. The topological polar surface area (TPSA) is 55.3 Å². The van der Waals surface area contributed by atoms with Gasteiger partial charge in [-0.05, 0) is 44.2 Å². The Labute approximate surface area is 135 Å². The lowest BCUT2D eigenvalue weighted by molar-refractivity contribution is -0.00691. The summed E-state index contributed by atoms with van der Waals surface area (Å²) in [6.07, 6.45) is 8.58. The molecule has 120 valence electrons. The second kappa shape index (κ2) is 5.89. The summed E-state index contributed by atoms with van der Waals surface area (Å²) in [5, 5.41) is 0. The predicted molar refractivity (Wildman–Crippen MR) is 87.2 cm³/mol. The van der Waals surface area contributed by atoms with Crippen molar-refractivity contribution in [1.29, 1.82) is 0 Å². The minimum absolute atomic E-state index is 0.0214. The van der Waals surface area contributed by atoms with Gasteiger partial charge < -0.3 is 9.64 Å². The molecule has 2 saturated heterocycles. The largest absolute Gasteiger partial charge is 0.375 e. The molecule has 0 N–H and O–H groups in total. The Hall–Kier alpha value is -2.01. The van der Waals surface area contributed by atoms with Crippen LogP contribution in [0.4, 0.5) is 0 Å². The molecule has 1 atom stereocenters. The zero-order valence-corrected chi connectivity index (χ0v) is 13.2. The van der Waals surface area contributed by atoms with Crippen molar-refractivity contribution in [2.75, 3.05) is 19.7 Å². The number of carbonyl (C=O) groups excluding carboxylic acids is 1. The fourth-order valence-corrected chi connectivity index (χ4v) is 3.86. The van der Waals surface area contributed by atoms with Crippen molar-refractivity contribution in [3.05, 3.63) is 36.2 Å². The molecule has 5 heteroatoms. The number of aromatic nitrogens is 2. The first-order valence-corrected chi connectivity index (χ1v) is 8.40. The normalized spacial score (nSPS) is 25.0. The van der Waals surface area contributed by atoms with Crippen molar-refractivity contribution in [3.8, 4) is 0 Å². The molecule has 2 aliphatic heterocycles. The summed E-state index contributed by atoms with van der Waals surface area (Å²) in [4.78, 5) is 23.6. The number of rotatable bonds is 1. The second-order valence-electron chi connectivity index (χ2n) is 6.51. The fourth-order valence-electron chi connectivity index (χ4n) is 3.86. The molecule has 5 nitrogen and oxygen atoms in total. The van der Waals surface area contributed by atoms with E-state index >= 15 is 0 Å². The van der Waals surface area contributed by atoms with E-state index in [2.05, 4.69) is 9.97 Å². The SMILES string of the molecule is O=C(c1cccc2nccnc12)N1CCCC2(CCCO2)CC1. The molecule has 3 heterocycles. The van der Waals surface area contributed by atoms with Gasteiger partial charge in [-0.1, -0.05) is 6.07 Å². The first-order chi connectivity index (χ1) is 11.3. The van der Waals surface area contributed by atoms with Crippen LogP contribution in [0.25, 0.3) is 11.0 Å². The minimum Gasteiger partial charge on any atom is -0.375 e. The highest BCUT2D eigenvalue weighted by molar-refractivity contribution is 6.04. The summed E-state index contributed by atoms with van der Waals surface area (Å²) >= 11 is 0. The van der Waals surface area contributed by atoms with Gasteiger partial charge >= 0.3 is 0 Å². The number of nitrogens with zero attached hydrogens (tertiary/aromatic N) is 3.